The van der Waals surface area contributed by atoms with E-state index in [-0.39, 0.29) is 17.8 Å². The molecular formula is C13H17NO5. The molecule has 0 aliphatic heterocycles. The van der Waals surface area contributed by atoms with E-state index in [9.17, 15) is 14.4 Å². The van der Waals surface area contributed by atoms with Crippen LogP contribution in [-0.4, -0.2) is 24.0 Å². The third-order valence-corrected chi connectivity index (χ3v) is 1.40. The third kappa shape index (κ3) is 13.5. The molecule has 0 radical (unpaired) electrons. The van der Waals surface area contributed by atoms with Crippen molar-refractivity contribution in [3.63, 3.8) is 0 Å². The van der Waals surface area contributed by atoms with E-state index in [1.54, 1.807) is 6.07 Å². The Bertz CT molecular complexity index is 406. The molecule has 0 rings (SSSR count). The Balaban J connectivity index is 0. The number of nitrogens with zero attached hydrogens (tertiary/aromatic N) is 1. The number of hydrogen-bond donors (Lipinski definition) is 0. The minimum absolute atomic E-state index is 0.212. The number of carbonyl (C=O) groups is 3. The maximum atomic E-state index is 11.0. The predicted molar refractivity (Wildman–Crippen MR) is 67.6 cm³/mol. The molecule has 0 fully saturated rings. The molecule has 0 aromatic rings. The Morgan fingerprint density at radius 1 is 1.32 bits per heavy atom. The number of rotatable bonds is 5. The summed E-state index contributed by atoms with van der Waals surface area (Å²) in [7, 11) is 0. The van der Waals surface area contributed by atoms with Gasteiger partial charge in [0.15, 0.2) is 0 Å². The average molecular weight is 267 g/mol. The second-order valence-electron chi connectivity index (χ2n) is 3.46. The molecule has 0 spiro atoms. The summed E-state index contributed by atoms with van der Waals surface area (Å²) in [6, 6.07) is 1.69. The second-order valence-corrected chi connectivity index (χ2v) is 3.46. The summed E-state index contributed by atoms with van der Waals surface area (Å²) in [6.45, 7) is 10.6. The van der Waals surface area contributed by atoms with E-state index in [4.69, 9.17) is 5.26 Å². The van der Waals surface area contributed by atoms with Crippen LogP contribution in [0.5, 0.6) is 0 Å². The van der Waals surface area contributed by atoms with Gasteiger partial charge in [-0.25, -0.2) is 4.79 Å². The maximum Gasteiger partial charge on any atom is 0.336 e. The molecular weight excluding hydrogens is 250 g/mol. The molecule has 0 amide bonds. The topological polar surface area (TPSA) is 93.5 Å². The molecule has 1 atom stereocenters. The summed E-state index contributed by atoms with van der Waals surface area (Å²) in [4.78, 5) is 32.5. The van der Waals surface area contributed by atoms with Crippen molar-refractivity contribution < 1.29 is 23.9 Å². The Morgan fingerprint density at radius 3 is 2.11 bits per heavy atom. The van der Waals surface area contributed by atoms with Crippen molar-refractivity contribution in [1.82, 2.24) is 0 Å². The number of hydrogen-bond acceptors (Lipinski definition) is 6. The highest BCUT2D eigenvalue weighted by atomic mass is 16.7. The largest absolute Gasteiger partial charge is 0.425 e. The number of carbonyl (C=O) groups excluding carboxylic acids is 3. The monoisotopic (exact) mass is 267 g/mol. The van der Waals surface area contributed by atoms with Gasteiger partial charge in [0.25, 0.3) is 0 Å². The molecule has 6 heteroatoms. The standard InChI is InChI=1S/C10H14O5.C3H3N/c1-6(2)10(13)15-8(4)14-9(12)5-7(3)11;1-2-3-4/h8H,1,5H2,2-4H3;2H,1H2. The number of esters is 2. The highest BCUT2D eigenvalue weighted by Crippen LogP contribution is 2.01. The van der Waals surface area contributed by atoms with Gasteiger partial charge in [-0.2, -0.15) is 5.26 Å². The van der Waals surface area contributed by atoms with E-state index in [1.807, 2.05) is 0 Å². The van der Waals surface area contributed by atoms with Crippen molar-refractivity contribution in [2.75, 3.05) is 0 Å². The zero-order chi connectivity index (χ0) is 15.4. The molecule has 0 bridgehead atoms. The zero-order valence-electron chi connectivity index (χ0n) is 11.3. The van der Waals surface area contributed by atoms with E-state index in [0.717, 1.165) is 0 Å². The predicted octanol–water partition coefficient (Wildman–Crippen LogP) is 1.67. The summed E-state index contributed by atoms with van der Waals surface area (Å²) >= 11 is 0. The normalized spacial score (nSPS) is 9.79. The van der Waals surface area contributed by atoms with Crippen molar-refractivity contribution in [3.05, 3.63) is 24.8 Å². The molecule has 0 N–H and O–H groups in total. The van der Waals surface area contributed by atoms with Gasteiger partial charge in [0, 0.05) is 18.6 Å². The lowest BCUT2D eigenvalue weighted by molar-refractivity contribution is -0.181. The molecule has 0 aromatic heterocycles. The van der Waals surface area contributed by atoms with Crippen LogP contribution in [0.1, 0.15) is 27.2 Å². The van der Waals surface area contributed by atoms with Crippen LogP contribution in [-0.2, 0) is 23.9 Å². The first-order chi connectivity index (χ1) is 8.74. The summed E-state index contributed by atoms with van der Waals surface area (Å²) in [5.41, 5.74) is 0.212. The Hall–Kier alpha value is -2.42. The molecule has 6 nitrogen and oxygen atoms in total. The van der Waals surface area contributed by atoms with E-state index < -0.39 is 18.2 Å². The Morgan fingerprint density at radius 2 is 1.79 bits per heavy atom. The number of ketones is 1. The fourth-order valence-electron chi connectivity index (χ4n) is 0.705. The van der Waals surface area contributed by atoms with Crippen molar-refractivity contribution in [2.24, 2.45) is 0 Å². The molecule has 0 aliphatic rings. The van der Waals surface area contributed by atoms with Crippen LogP contribution >= 0.6 is 0 Å². The average Bonchev–Trinajstić information content (AvgIpc) is 2.27. The minimum atomic E-state index is -1.01. The van der Waals surface area contributed by atoms with Crippen LogP contribution in [0.25, 0.3) is 0 Å². The molecule has 0 aliphatic carbocycles. The molecule has 19 heavy (non-hydrogen) atoms. The highest BCUT2D eigenvalue weighted by molar-refractivity contribution is 5.94. The van der Waals surface area contributed by atoms with E-state index in [1.165, 1.54) is 26.8 Å². The van der Waals surface area contributed by atoms with Gasteiger partial charge in [-0.05, 0) is 13.8 Å². The van der Waals surface area contributed by atoms with Crippen LogP contribution in [0.15, 0.2) is 24.8 Å². The van der Waals surface area contributed by atoms with Crippen LogP contribution < -0.4 is 0 Å². The number of Topliss-reactive ketones (excluding diaryl/α,β-unsaturated/α-hetero) is 1. The van der Waals surface area contributed by atoms with Gasteiger partial charge in [-0.1, -0.05) is 13.2 Å². The van der Waals surface area contributed by atoms with E-state index in [2.05, 4.69) is 22.6 Å². The van der Waals surface area contributed by atoms with Gasteiger partial charge in [0.05, 0.1) is 6.07 Å². The van der Waals surface area contributed by atoms with Crippen molar-refractivity contribution in [1.29, 1.82) is 5.26 Å². The summed E-state index contributed by atoms with van der Waals surface area (Å²) in [5.74, 6) is -1.67. The van der Waals surface area contributed by atoms with Crippen molar-refractivity contribution >= 4 is 17.7 Å². The highest BCUT2D eigenvalue weighted by Gasteiger charge is 2.15. The number of ether oxygens (including phenoxy) is 2. The fraction of sp³-hybridized carbons (Fsp3) is 0.385. The van der Waals surface area contributed by atoms with Crippen molar-refractivity contribution in [3.8, 4) is 6.07 Å². The number of allylic oxidation sites excluding steroid dienone is 1. The molecule has 0 heterocycles. The number of nitriles is 1. The maximum absolute atomic E-state index is 11.0. The fourth-order valence-corrected chi connectivity index (χ4v) is 0.705. The molecule has 1 unspecified atom stereocenters. The first-order valence-corrected chi connectivity index (χ1v) is 5.30. The first-order valence-electron chi connectivity index (χ1n) is 5.30. The van der Waals surface area contributed by atoms with Crippen LogP contribution in [0.4, 0.5) is 0 Å². The van der Waals surface area contributed by atoms with Crippen LogP contribution in [0.2, 0.25) is 0 Å². The zero-order valence-corrected chi connectivity index (χ0v) is 11.3. The molecule has 104 valence electrons. The van der Waals surface area contributed by atoms with Gasteiger partial charge in [-0.3, -0.25) is 9.59 Å². The third-order valence-electron chi connectivity index (χ3n) is 1.40. The lowest BCUT2D eigenvalue weighted by atomic mass is 10.3. The SMILES string of the molecule is C=C(C)C(=O)OC(C)OC(=O)CC(C)=O.C=CC#N. The summed E-state index contributed by atoms with van der Waals surface area (Å²) in [6.07, 6.45) is -0.157. The van der Waals surface area contributed by atoms with Gasteiger partial charge in [-0.15, -0.1) is 0 Å². The van der Waals surface area contributed by atoms with E-state index >= 15 is 0 Å². The van der Waals surface area contributed by atoms with Gasteiger partial charge >= 0.3 is 11.9 Å². The van der Waals surface area contributed by atoms with Crippen LogP contribution in [0, 0.1) is 11.3 Å². The smallest absolute Gasteiger partial charge is 0.336 e. The van der Waals surface area contributed by atoms with E-state index in [0.29, 0.717) is 0 Å². The lowest BCUT2D eigenvalue weighted by Crippen LogP contribution is -2.22. The quantitative estimate of drug-likeness (QED) is 0.247. The minimum Gasteiger partial charge on any atom is -0.425 e. The lowest BCUT2D eigenvalue weighted by Gasteiger charge is -2.13. The van der Waals surface area contributed by atoms with Gasteiger partial charge in [0.2, 0.25) is 6.29 Å². The van der Waals surface area contributed by atoms with Crippen LogP contribution in [0.3, 0.4) is 0 Å². The molecule has 0 saturated carbocycles. The molecule has 0 saturated heterocycles. The Labute approximate surface area is 112 Å². The van der Waals surface area contributed by atoms with Crippen molar-refractivity contribution in [2.45, 2.75) is 33.5 Å². The van der Waals surface area contributed by atoms with Gasteiger partial charge in [0.1, 0.15) is 12.2 Å². The summed E-state index contributed by atoms with van der Waals surface area (Å²) in [5, 5.41) is 7.51. The Kier molecular flexibility index (Phi) is 10.7. The second kappa shape index (κ2) is 10.7. The van der Waals surface area contributed by atoms with Gasteiger partial charge < -0.3 is 9.47 Å². The molecule has 0 aromatic carbocycles. The first kappa shape index (κ1) is 18.9. The summed E-state index contributed by atoms with van der Waals surface area (Å²) < 4.78 is 9.31.